The van der Waals surface area contributed by atoms with Gasteiger partial charge in [0, 0.05) is 11.9 Å². The summed E-state index contributed by atoms with van der Waals surface area (Å²) < 4.78 is 0. The van der Waals surface area contributed by atoms with E-state index in [1.54, 1.807) is 23.3 Å². The van der Waals surface area contributed by atoms with E-state index in [1.807, 2.05) is 31.4 Å². The first kappa shape index (κ1) is 16.0. The molecule has 0 aliphatic carbocycles. The Labute approximate surface area is 121 Å². The maximum Gasteiger partial charge on any atom is 0.316 e. The number of rotatable bonds is 7. The summed E-state index contributed by atoms with van der Waals surface area (Å²) >= 11 is 2.81. The molecule has 1 amide bonds. The number of carboxylic acids is 1. The number of carbonyl (C=O) groups excluding carboxylic acids is 1. The topological polar surface area (TPSA) is 57.6 Å². The number of carbonyl (C=O) groups is 2. The molecule has 19 heavy (non-hydrogen) atoms. The zero-order valence-electron chi connectivity index (χ0n) is 11.3. The molecule has 6 heteroatoms. The van der Waals surface area contributed by atoms with Gasteiger partial charge >= 0.3 is 5.97 Å². The van der Waals surface area contributed by atoms with Gasteiger partial charge in [0.05, 0.1) is 12.3 Å². The summed E-state index contributed by atoms with van der Waals surface area (Å²) in [6, 6.07) is 3.93. The summed E-state index contributed by atoms with van der Waals surface area (Å²) in [5.41, 5.74) is 0. The molecule has 0 spiro atoms. The monoisotopic (exact) mass is 301 g/mol. The molecule has 1 aromatic rings. The zero-order chi connectivity index (χ0) is 14.4. The minimum Gasteiger partial charge on any atom is -0.480 e. The molecule has 1 aromatic heterocycles. The SMILES string of the molecule is CC(C)C(SCC(=O)N(C)Cc1cccs1)C(=O)O. The number of thiophene rings is 1. The van der Waals surface area contributed by atoms with Crippen LogP contribution >= 0.6 is 23.1 Å². The van der Waals surface area contributed by atoms with Gasteiger partial charge in [-0.15, -0.1) is 23.1 Å². The predicted molar refractivity (Wildman–Crippen MR) is 79.5 cm³/mol. The maximum atomic E-state index is 11.9. The van der Waals surface area contributed by atoms with Crippen molar-refractivity contribution in [3.8, 4) is 0 Å². The quantitative estimate of drug-likeness (QED) is 0.841. The first-order valence-corrected chi connectivity index (χ1v) is 7.95. The lowest BCUT2D eigenvalue weighted by Crippen LogP contribution is -2.30. The van der Waals surface area contributed by atoms with Crippen molar-refractivity contribution in [2.45, 2.75) is 25.6 Å². The number of aliphatic carboxylic acids is 1. The van der Waals surface area contributed by atoms with E-state index in [4.69, 9.17) is 5.11 Å². The van der Waals surface area contributed by atoms with E-state index in [0.717, 1.165) is 4.88 Å². The summed E-state index contributed by atoms with van der Waals surface area (Å²) in [5, 5.41) is 10.5. The van der Waals surface area contributed by atoms with Crippen molar-refractivity contribution in [3.05, 3.63) is 22.4 Å². The van der Waals surface area contributed by atoms with E-state index in [2.05, 4.69) is 0 Å². The van der Waals surface area contributed by atoms with Crippen molar-refractivity contribution in [2.24, 2.45) is 5.92 Å². The molecule has 106 valence electrons. The Morgan fingerprint density at radius 3 is 2.63 bits per heavy atom. The van der Waals surface area contributed by atoms with E-state index in [-0.39, 0.29) is 17.6 Å². The average molecular weight is 301 g/mol. The summed E-state index contributed by atoms with van der Waals surface area (Å²) in [5.74, 6) is -0.672. The minimum atomic E-state index is -0.853. The Kier molecular flexibility index (Phi) is 6.37. The van der Waals surface area contributed by atoms with Gasteiger partial charge in [-0.3, -0.25) is 9.59 Å². The lowest BCUT2D eigenvalue weighted by molar-refractivity contribution is -0.137. The Hall–Kier alpha value is -1.01. The van der Waals surface area contributed by atoms with Gasteiger partial charge in [-0.1, -0.05) is 19.9 Å². The van der Waals surface area contributed by atoms with Crippen LogP contribution in [-0.4, -0.2) is 39.9 Å². The van der Waals surface area contributed by atoms with Gasteiger partial charge in [0.15, 0.2) is 0 Å². The second-order valence-electron chi connectivity index (χ2n) is 4.64. The highest BCUT2D eigenvalue weighted by Crippen LogP contribution is 2.20. The van der Waals surface area contributed by atoms with E-state index in [0.29, 0.717) is 6.54 Å². The van der Waals surface area contributed by atoms with Gasteiger partial charge in [0.1, 0.15) is 5.25 Å². The van der Waals surface area contributed by atoms with Crippen LogP contribution in [0.5, 0.6) is 0 Å². The standard InChI is InChI=1S/C13H19NO3S2/c1-9(2)12(13(16)17)19-8-11(15)14(3)7-10-5-4-6-18-10/h4-6,9,12H,7-8H2,1-3H3,(H,16,17). The highest BCUT2D eigenvalue weighted by atomic mass is 32.2. The summed E-state index contributed by atoms with van der Waals surface area (Å²) in [6.07, 6.45) is 0. The smallest absolute Gasteiger partial charge is 0.316 e. The average Bonchev–Trinajstić information content (AvgIpc) is 2.80. The van der Waals surface area contributed by atoms with Crippen LogP contribution in [0.3, 0.4) is 0 Å². The molecule has 0 bridgehead atoms. The van der Waals surface area contributed by atoms with Crippen LogP contribution < -0.4 is 0 Å². The Morgan fingerprint density at radius 1 is 1.47 bits per heavy atom. The van der Waals surface area contributed by atoms with Crippen LogP contribution in [0.25, 0.3) is 0 Å². The van der Waals surface area contributed by atoms with Crippen molar-refractivity contribution in [1.82, 2.24) is 4.90 Å². The van der Waals surface area contributed by atoms with Crippen molar-refractivity contribution < 1.29 is 14.7 Å². The molecule has 0 saturated heterocycles. The number of amides is 1. The molecule has 1 heterocycles. The second kappa shape index (κ2) is 7.55. The molecule has 1 N–H and O–H groups in total. The molecule has 0 aliphatic rings. The van der Waals surface area contributed by atoms with Gasteiger partial charge in [-0.2, -0.15) is 0 Å². The van der Waals surface area contributed by atoms with Crippen LogP contribution in [-0.2, 0) is 16.1 Å². The van der Waals surface area contributed by atoms with Gasteiger partial charge in [-0.05, 0) is 17.4 Å². The number of hydrogen-bond acceptors (Lipinski definition) is 4. The van der Waals surface area contributed by atoms with E-state index in [1.165, 1.54) is 11.8 Å². The first-order chi connectivity index (χ1) is 8.91. The van der Waals surface area contributed by atoms with Crippen LogP contribution in [0.2, 0.25) is 0 Å². The van der Waals surface area contributed by atoms with Crippen molar-refractivity contribution in [3.63, 3.8) is 0 Å². The van der Waals surface area contributed by atoms with Gasteiger partial charge < -0.3 is 10.0 Å². The molecule has 1 rings (SSSR count). The van der Waals surface area contributed by atoms with Crippen molar-refractivity contribution in [2.75, 3.05) is 12.8 Å². The van der Waals surface area contributed by atoms with Crippen molar-refractivity contribution in [1.29, 1.82) is 0 Å². The molecule has 0 fully saturated rings. The van der Waals surface area contributed by atoms with Gasteiger partial charge in [0.25, 0.3) is 0 Å². The Bertz CT molecular complexity index is 418. The van der Waals surface area contributed by atoms with E-state index in [9.17, 15) is 9.59 Å². The fourth-order valence-electron chi connectivity index (χ4n) is 1.54. The number of carboxylic acid groups (broad SMARTS) is 1. The Morgan fingerprint density at radius 2 is 2.16 bits per heavy atom. The predicted octanol–water partition coefficient (Wildman–Crippen LogP) is 2.55. The van der Waals surface area contributed by atoms with Crippen molar-refractivity contribution >= 4 is 35.0 Å². The fourth-order valence-corrected chi connectivity index (χ4v) is 3.37. The number of thioether (sulfide) groups is 1. The maximum absolute atomic E-state index is 11.9. The molecule has 1 unspecified atom stereocenters. The van der Waals surface area contributed by atoms with E-state index < -0.39 is 11.2 Å². The lowest BCUT2D eigenvalue weighted by atomic mass is 10.1. The third-order valence-electron chi connectivity index (χ3n) is 2.63. The highest BCUT2D eigenvalue weighted by molar-refractivity contribution is 8.01. The summed E-state index contributed by atoms with van der Waals surface area (Å²) in [6.45, 7) is 4.29. The highest BCUT2D eigenvalue weighted by Gasteiger charge is 2.23. The minimum absolute atomic E-state index is 0.0119. The molecular weight excluding hydrogens is 282 g/mol. The molecule has 0 aliphatic heterocycles. The van der Waals surface area contributed by atoms with E-state index >= 15 is 0 Å². The Balaban J connectivity index is 2.43. The molecular formula is C13H19NO3S2. The summed E-state index contributed by atoms with van der Waals surface area (Å²) in [4.78, 5) is 25.7. The molecule has 1 atom stereocenters. The molecule has 0 aromatic carbocycles. The second-order valence-corrected chi connectivity index (χ2v) is 6.81. The largest absolute Gasteiger partial charge is 0.480 e. The number of hydrogen-bond donors (Lipinski definition) is 1. The molecule has 0 saturated carbocycles. The molecule has 4 nitrogen and oxygen atoms in total. The third-order valence-corrected chi connectivity index (χ3v) is 5.01. The van der Waals surface area contributed by atoms with Crippen LogP contribution in [0.15, 0.2) is 17.5 Å². The summed E-state index contributed by atoms with van der Waals surface area (Å²) in [7, 11) is 1.74. The zero-order valence-corrected chi connectivity index (χ0v) is 13.0. The molecule has 0 radical (unpaired) electrons. The number of nitrogens with zero attached hydrogens (tertiary/aromatic N) is 1. The normalized spacial score (nSPS) is 12.4. The third kappa shape index (κ3) is 5.24. The fraction of sp³-hybridized carbons (Fsp3) is 0.538. The van der Waals surface area contributed by atoms with Crippen LogP contribution in [0.4, 0.5) is 0 Å². The van der Waals surface area contributed by atoms with Gasteiger partial charge in [0.2, 0.25) is 5.91 Å². The first-order valence-electron chi connectivity index (χ1n) is 6.02. The van der Waals surface area contributed by atoms with Crippen LogP contribution in [0, 0.1) is 5.92 Å². The van der Waals surface area contributed by atoms with Crippen LogP contribution in [0.1, 0.15) is 18.7 Å². The van der Waals surface area contributed by atoms with Gasteiger partial charge in [-0.25, -0.2) is 0 Å². The lowest BCUT2D eigenvalue weighted by Gasteiger charge is -2.19.